The Labute approximate surface area is 145 Å². The van der Waals surface area contributed by atoms with Crippen molar-refractivity contribution in [1.82, 2.24) is 4.90 Å². The van der Waals surface area contributed by atoms with Crippen molar-refractivity contribution in [2.24, 2.45) is 5.14 Å². The summed E-state index contributed by atoms with van der Waals surface area (Å²) in [6.07, 6.45) is 1.67. The maximum atomic E-state index is 13.1. The fraction of sp³-hybridized carbons (Fsp3) is 0.235. The summed E-state index contributed by atoms with van der Waals surface area (Å²) in [7, 11) is -3.77. The summed E-state index contributed by atoms with van der Waals surface area (Å²) in [5.74, 6) is -0.312. The molecule has 2 amide bonds. The van der Waals surface area contributed by atoms with Crippen LogP contribution in [0, 0.1) is 5.82 Å². The van der Waals surface area contributed by atoms with Crippen LogP contribution in [-0.2, 0) is 10.0 Å². The highest BCUT2D eigenvalue weighted by Crippen LogP contribution is 2.32. The van der Waals surface area contributed by atoms with E-state index in [-0.39, 0.29) is 22.8 Å². The number of benzene rings is 2. The zero-order valence-electron chi connectivity index (χ0n) is 13.4. The largest absolute Gasteiger partial charge is 0.322 e. The Kier molecular flexibility index (Phi) is 4.73. The standard InChI is InChI=1S/C17H18FN3O3S/c18-13-5-3-12(4-6-13)16-2-1-11-21(16)17(22)20-14-7-9-15(10-8-14)25(19,23)24/h3-10,16H,1-2,11H2,(H,20,22)(H2,19,23,24)/t16-/m0/s1. The summed E-state index contributed by atoms with van der Waals surface area (Å²) < 4.78 is 35.6. The number of hydrogen-bond acceptors (Lipinski definition) is 3. The van der Waals surface area contributed by atoms with E-state index >= 15 is 0 Å². The summed E-state index contributed by atoms with van der Waals surface area (Å²) in [5, 5.41) is 7.80. The monoisotopic (exact) mass is 363 g/mol. The van der Waals surface area contributed by atoms with E-state index in [1.807, 2.05) is 0 Å². The Morgan fingerprint density at radius 1 is 1.12 bits per heavy atom. The molecule has 0 unspecified atom stereocenters. The number of carbonyl (C=O) groups is 1. The average molecular weight is 363 g/mol. The Morgan fingerprint density at radius 2 is 1.76 bits per heavy atom. The van der Waals surface area contributed by atoms with Crippen molar-refractivity contribution < 1.29 is 17.6 Å². The normalized spacial score (nSPS) is 17.5. The number of halogens is 1. The minimum Gasteiger partial charge on any atom is -0.317 e. The predicted octanol–water partition coefficient (Wildman–Crippen LogP) is 2.84. The molecule has 1 heterocycles. The molecule has 8 heteroatoms. The quantitative estimate of drug-likeness (QED) is 0.878. The van der Waals surface area contributed by atoms with E-state index in [0.717, 1.165) is 18.4 Å². The molecule has 3 rings (SSSR count). The molecule has 0 saturated carbocycles. The van der Waals surface area contributed by atoms with E-state index in [1.54, 1.807) is 17.0 Å². The van der Waals surface area contributed by atoms with Crippen LogP contribution in [0.4, 0.5) is 14.9 Å². The minimum absolute atomic E-state index is 0.0177. The van der Waals surface area contributed by atoms with Gasteiger partial charge in [0.25, 0.3) is 0 Å². The van der Waals surface area contributed by atoms with Crippen molar-refractivity contribution in [3.05, 3.63) is 59.9 Å². The Balaban J connectivity index is 1.72. The fourth-order valence-corrected chi connectivity index (χ4v) is 3.48. The van der Waals surface area contributed by atoms with Crippen molar-refractivity contribution in [1.29, 1.82) is 0 Å². The smallest absolute Gasteiger partial charge is 0.317 e. The van der Waals surface area contributed by atoms with E-state index < -0.39 is 10.0 Å². The first-order valence-electron chi connectivity index (χ1n) is 7.80. The van der Waals surface area contributed by atoms with Crippen LogP contribution < -0.4 is 10.5 Å². The van der Waals surface area contributed by atoms with Gasteiger partial charge in [-0.3, -0.25) is 0 Å². The number of nitrogens with zero attached hydrogens (tertiary/aromatic N) is 1. The van der Waals surface area contributed by atoms with Gasteiger partial charge >= 0.3 is 6.03 Å². The van der Waals surface area contributed by atoms with E-state index in [4.69, 9.17) is 5.14 Å². The summed E-state index contributed by atoms with van der Waals surface area (Å²) in [6, 6.07) is 11.4. The van der Waals surface area contributed by atoms with Gasteiger partial charge in [-0.2, -0.15) is 0 Å². The molecule has 1 aliphatic heterocycles. The zero-order chi connectivity index (χ0) is 18.0. The van der Waals surface area contributed by atoms with E-state index in [9.17, 15) is 17.6 Å². The number of urea groups is 1. The minimum atomic E-state index is -3.77. The Bertz CT molecular complexity index is 867. The van der Waals surface area contributed by atoms with Crippen LogP contribution in [0.5, 0.6) is 0 Å². The lowest BCUT2D eigenvalue weighted by molar-refractivity contribution is 0.207. The first kappa shape index (κ1) is 17.4. The van der Waals surface area contributed by atoms with Gasteiger partial charge in [-0.25, -0.2) is 22.7 Å². The summed E-state index contributed by atoms with van der Waals surface area (Å²) in [5.41, 5.74) is 1.36. The highest BCUT2D eigenvalue weighted by Gasteiger charge is 2.30. The van der Waals surface area contributed by atoms with Gasteiger partial charge in [0.2, 0.25) is 10.0 Å². The molecule has 1 saturated heterocycles. The van der Waals surface area contributed by atoms with Crippen LogP contribution in [0.25, 0.3) is 0 Å². The summed E-state index contributed by atoms with van der Waals surface area (Å²) in [6.45, 7) is 0.600. The fourth-order valence-electron chi connectivity index (χ4n) is 2.96. The molecule has 1 fully saturated rings. The maximum Gasteiger partial charge on any atom is 0.322 e. The molecular weight excluding hydrogens is 345 g/mol. The highest BCUT2D eigenvalue weighted by atomic mass is 32.2. The third-order valence-electron chi connectivity index (χ3n) is 4.20. The lowest BCUT2D eigenvalue weighted by atomic mass is 10.0. The van der Waals surface area contributed by atoms with Gasteiger partial charge in [0, 0.05) is 12.2 Å². The van der Waals surface area contributed by atoms with Gasteiger partial charge in [0.05, 0.1) is 10.9 Å². The number of hydrogen-bond donors (Lipinski definition) is 2. The number of anilines is 1. The first-order chi connectivity index (χ1) is 11.8. The molecule has 1 atom stereocenters. The van der Waals surface area contributed by atoms with Crippen molar-refractivity contribution in [3.8, 4) is 0 Å². The number of carbonyl (C=O) groups excluding carboxylic acids is 1. The number of nitrogens with two attached hydrogens (primary N) is 1. The van der Waals surface area contributed by atoms with Gasteiger partial charge in [0.15, 0.2) is 0 Å². The Morgan fingerprint density at radius 3 is 2.36 bits per heavy atom. The van der Waals surface area contributed by atoms with Crippen LogP contribution >= 0.6 is 0 Å². The molecule has 3 N–H and O–H groups in total. The van der Waals surface area contributed by atoms with Gasteiger partial charge in [-0.15, -0.1) is 0 Å². The lowest BCUT2D eigenvalue weighted by Gasteiger charge is -2.25. The zero-order valence-corrected chi connectivity index (χ0v) is 14.2. The predicted molar refractivity (Wildman–Crippen MR) is 91.9 cm³/mol. The van der Waals surface area contributed by atoms with E-state index in [2.05, 4.69) is 5.32 Å². The van der Waals surface area contributed by atoms with Gasteiger partial charge in [-0.05, 0) is 54.8 Å². The maximum absolute atomic E-state index is 13.1. The van der Waals surface area contributed by atoms with Crippen molar-refractivity contribution in [3.63, 3.8) is 0 Å². The molecule has 2 aromatic rings. The second kappa shape index (κ2) is 6.81. The second-order valence-electron chi connectivity index (χ2n) is 5.90. The van der Waals surface area contributed by atoms with Crippen LogP contribution in [0.15, 0.2) is 53.4 Å². The molecule has 1 aliphatic rings. The molecule has 0 bridgehead atoms. The molecule has 0 radical (unpaired) electrons. The third-order valence-corrected chi connectivity index (χ3v) is 5.13. The number of sulfonamides is 1. The highest BCUT2D eigenvalue weighted by molar-refractivity contribution is 7.89. The molecular formula is C17H18FN3O3S. The SMILES string of the molecule is NS(=O)(=O)c1ccc(NC(=O)N2CCC[C@H]2c2ccc(F)cc2)cc1. The average Bonchev–Trinajstić information content (AvgIpc) is 3.05. The first-order valence-corrected chi connectivity index (χ1v) is 9.35. The van der Waals surface area contributed by atoms with Crippen LogP contribution in [0.2, 0.25) is 0 Å². The summed E-state index contributed by atoms with van der Waals surface area (Å²) >= 11 is 0. The second-order valence-corrected chi connectivity index (χ2v) is 7.46. The number of amides is 2. The molecule has 25 heavy (non-hydrogen) atoms. The van der Waals surface area contributed by atoms with Crippen LogP contribution in [0.1, 0.15) is 24.4 Å². The van der Waals surface area contributed by atoms with Gasteiger partial charge in [0.1, 0.15) is 5.82 Å². The Hall–Kier alpha value is -2.45. The van der Waals surface area contributed by atoms with E-state index in [0.29, 0.717) is 12.2 Å². The molecule has 2 aromatic carbocycles. The van der Waals surface area contributed by atoms with Crippen molar-refractivity contribution in [2.45, 2.75) is 23.8 Å². The number of primary sulfonamides is 1. The number of likely N-dealkylation sites (tertiary alicyclic amines) is 1. The van der Waals surface area contributed by atoms with Crippen LogP contribution in [-0.4, -0.2) is 25.9 Å². The molecule has 0 spiro atoms. The summed E-state index contributed by atoms with van der Waals surface area (Å²) in [4.78, 5) is 14.2. The number of nitrogens with one attached hydrogen (secondary N) is 1. The lowest BCUT2D eigenvalue weighted by Crippen LogP contribution is -2.34. The van der Waals surface area contributed by atoms with Gasteiger partial charge in [-0.1, -0.05) is 12.1 Å². The third kappa shape index (κ3) is 3.97. The number of rotatable bonds is 3. The van der Waals surface area contributed by atoms with E-state index in [1.165, 1.54) is 36.4 Å². The van der Waals surface area contributed by atoms with Gasteiger partial charge < -0.3 is 10.2 Å². The van der Waals surface area contributed by atoms with Crippen molar-refractivity contribution >= 4 is 21.7 Å². The molecule has 132 valence electrons. The molecule has 6 nitrogen and oxygen atoms in total. The molecule has 0 aromatic heterocycles. The molecule has 0 aliphatic carbocycles. The van der Waals surface area contributed by atoms with Crippen molar-refractivity contribution in [2.75, 3.05) is 11.9 Å². The topological polar surface area (TPSA) is 92.5 Å². The van der Waals surface area contributed by atoms with Crippen LogP contribution in [0.3, 0.4) is 0 Å².